The minimum Gasteiger partial charge on any atom is -0.497 e. The van der Waals surface area contributed by atoms with Crippen LogP contribution in [0.1, 0.15) is 44.1 Å². The van der Waals surface area contributed by atoms with E-state index in [0.717, 1.165) is 29.4 Å². The van der Waals surface area contributed by atoms with Crippen LogP contribution in [0.5, 0.6) is 11.5 Å². The highest BCUT2D eigenvalue weighted by molar-refractivity contribution is 5.75. The molecular weight excluding hydrogens is 266 g/mol. The van der Waals surface area contributed by atoms with Crippen LogP contribution in [0.2, 0.25) is 0 Å². The predicted octanol–water partition coefficient (Wildman–Crippen LogP) is 3.29. The molecule has 0 heterocycles. The van der Waals surface area contributed by atoms with Gasteiger partial charge in [-0.3, -0.25) is 4.79 Å². The molecule has 1 aliphatic carbocycles. The zero-order valence-corrected chi connectivity index (χ0v) is 13.0. The zero-order chi connectivity index (χ0) is 15.1. The summed E-state index contributed by atoms with van der Waals surface area (Å²) in [6.07, 6.45) is 6.87. The van der Waals surface area contributed by atoms with Crippen LogP contribution in [0.4, 0.5) is 0 Å². The lowest BCUT2D eigenvalue weighted by Crippen LogP contribution is -2.23. The molecular formula is C17H25NO3. The maximum Gasteiger partial charge on any atom is 0.220 e. The number of hydrogen-bond donors (Lipinski definition) is 1. The first-order valence-electron chi connectivity index (χ1n) is 7.70. The standard InChI is InChI=1S/C17H25NO3/c1-20-15-8-9-16(21-2)14(11-15)12-18-17(19)10-7-13-5-3-4-6-13/h8-9,11,13H,3-7,10,12H2,1-2H3,(H,18,19). The van der Waals surface area contributed by atoms with Crippen molar-refractivity contribution in [2.45, 2.75) is 45.1 Å². The van der Waals surface area contributed by atoms with Crippen molar-refractivity contribution >= 4 is 5.91 Å². The molecule has 21 heavy (non-hydrogen) atoms. The maximum absolute atomic E-state index is 11.9. The van der Waals surface area contributed by atoms with Crippen molar-refractivity contribution in [1.82, 2.24) is 5.32 Å². The number of methoxy groups -OCH3 is 2. The fourth-order valence-electron chi connectivity index (χ4n) is 2.94. The second-order valence-electron chi connectivity index (χ2n) is 5.64. The molecule has 116 valence electrons. The minimum absolute atomic E-state index is 0.117. The van der Waals surface area contributed by atoms with E-state index in [4.69, 9.17) is 9.47 Å². The van der Waals surface area contributed by atoms with Gasteiger partial charge in [-0.1, -0.05) is 25.7 Å². The van der Waals surface area contributed by atoms with E-state index in [0.29, 0.717) is 13.0 Å². The number of amides is 1. The van der Waals surface area contributed by atoms with Gasteiger partial charge in [-0.05, 0) is 30.5 Å². The lowest BCUT2D eigenvalue weighted by Gasteiger charge is -2.12. The van der Waals surface area contributed by atoms with Crippen molar-refractivity contribution in [3.63, 3.8) is 0 Å². The average molecular weight is 291 g/mol. The first-order valence-corrected chi connectivity index (χ1v) is 7.70. The molecule has 1 aromatic rings. The van der Waals surface area contributed by atoms with E-state index in [1.54, 1.807) is 14.2 Å². The number of benzene rings is 1. The van der Waals surface area contributed by atoms with Gasteiger partial charge in [0.25, 0.3) is 0 Å². The summed E-state index contributed by atoms with van der Waals surface area (Å²) in [7, 11) is 3.26. The van der Waals surface area contributed by atoms with Gasteiger partial charge in [-0.15, -0.1) is 0 Å². The highest BCUT2D eigenvalue weighted by Crippen LogP contribution is 2.28. The highest BCUT2D eigenvalue weighted by atomic mass is 16.5. The molecule has 0 aromatic heterocycles. The highest BCUT2D eigenvalue weighted by Gasteiger charge is 2.16. The molecule has 0 aliphatic heterocycles. The Morgan fingerprint density at radius 2 is 2.00 bits per heavy atom. The second-order valence-corrected chi connectivity index (χ2v) is 5.64. The van der Waals surface area contributed by atoms with Crippen LogP contribution in [0.15, 0.2) is 18.2 Å². The maximum atomic E-state index is 11.9. The van der Waals surface area contributed by atoms with E-state index in [9.17, 15) is 4.79 Å². The summed E-state index contributed by atoms with van der Waals surface area (Å²) >= 11 is 0. The number of rotatable bonds is 7. The molecule has 0 saturated heterocycles. The van der Waals surface area contributed by atoms with E-state index in [1.165, 1.54) is 25.7 Å². The molecule has 1 saturated carbocycles. The van der Waals surface area contributed by atoms with E-state index >= 15 is 0 Å². The third-order valence-electron chi connectivity index (χ3n) is 4.22. The van der Waals surface area contributed by atoms with Gasteiger partial charge >= 0.3 is 0 Å². The normalized spacial score (nSPS) is 15.0. The van der Waals surface area contributed by atoms with Crippen molar-refractivity contribution in [3.8, 4) is 11.5 Å². The Balaban J connectivity index is 1.82. The Bertz CT molecular complexity index is 467. The molecule has 0 spiro atoms. The molecule has 1 aromatic carbocycles. The Morgan fingerprint density at radius 3 is 2.67 bits per heavy atom. The predicted molar refractivity (Wildman–Crippen MR) is 82.6 cm³/mol. The first-order chi connectivity index (χ1) is 10.2. The lowest BCUT2D eigenvalue weighted by molar-refractivity contribution is -0.121. The molecule has 0 bridgehead atoms. The summed E-state index contributed by atoms with van der Waals surface area (Å²) in [6.45, 7) is 0.476. The van der Waals surface area contributed by atoms with Crippen molar-refractivity contribution in [2.24, 2.45) is 5.92 Å². The SMILES string of the molecule is COc1ccc(OC)c(CNC(=O)CCC2CCCC2)c1. The summed E-state index contributed by atoms with van der Waals surface area (Å²) in [4.78, 5) is 11.9. The smallest absolute Gasteiger partial charge is 0.220 e. The largest absolute Gasteiger partial charge is 0.497 e. The summed E-state index contributed by atoms with van der Waals surface area (Å²) in [5.41, 5.74) is 0.936. The molecule has 4 nitrogen and oxygen atoms in total. The average Bonchev–Trinajstić information content (AvgIpc) is 3.04. The van der Waals surface area contributed by atoms with E-state index in [-0.39, 0.29) is 5.91 Å². The third kappa shape index (κ3) is 4.66. The van der Waals surface area contributed by atoms with Crippen molar-refractivity contribution in [1.29, 1.82) is 0 Å². The zero-order valence-electron chi connectivity index (χ0n) is 13.0. The minimum atomic E-state index is 0.117. The third-order valence-corrected chi connectivity index (χ3v) is 4.22. The van der Waals surface area contributed by atoms with Gasteiger partial charge in [0.1, 0.15) is 11.5 Å². The monoisotopic (exact) mass is 291 g/mol. The van der Waals surface area contributed by atoms with Crippen molar-refractivity contribution < 1.29 is 14.3 Å². The van der Waals surface area contributed by atoms with Crippen LogP contribution in [-0.2, 0) is 11.3 Å². The van der Waals surface area contributed by atoms with Gasteiger partial charge in [0.15, 0.2) is 0 Å². The van der Waals surface area contributed by atoms with Crippen LogP contribution >= 0.6 is 0 Å². The number of carbonyl (C=O) groups excluding carboxylic acids is 1. The van der Waals surface area contributed by atoms with E-state index < -0.39 is 0 Å². The molecule has 0 atom stereocenters. The van der Waals surface area contributed by atoms with Crippen LogP contribution in [0.25, 0.3) is 0 Å². The molecule has 1 fully saturated rings. The van der Waals surface area contributed by atoms with Gasteiger partial charge < -0.3 is 14.8 Å². The Kier molecular flexibility index (Phi) is 5.90. The Hall–Kier alpha value is -1.71. The van der Waals surface area contributed by atoms with Gasteiger partial charge in [0.05, 0.1) is 14.2 Å². The lowest BCUT2D eigenvalue weighted by atomic mass is 10.0. The number of hydrogen-bond acceptors (Lipinski definition) is 3. The number of ether oxygens (including phenoxy) is 2. The number of carbonyl (C=O) groups is 1. The van der Waals surface area contributed by atoms with Crippen molar-refractivity contribution in [3.05, 3.63) is 23.8 Å². The molecule has 0 radical (unpaired) electrons. The fourth-order valence-corrected chi connectivity index (χ4v) is 2.94. The number of nitrogens with one attached hydrogen (secondary N) is 1. The van der Waals surface area contributed by atoms with Crippen LogP contribution < -0.4 is 14.8 Å². The van der Waals surface area contributed by atoms with Gasteiger partial charge in [0.2, 0.25) is 5.91 Å². The summed E-state index contributed by atoms with van der Waals surface area (Å²) in [5.74, 6) is 2.41. The van der Waals surface area contributed by atoms with Crippen LogP contribution in [0, 0.1) is 5.92 Å². The molecule has 2 rings (SSSR count). The molecule has 1 N–H and O–H groups in total. The van der Waals surface area contributed by atoms with Crippen LogP contribution in [-0.4, -0.2) is 20.1 Å². The van der Waals surface area contributed by atoms with Crippen molar-refractivity contribution in [2.75, 3.05) is 14.2 Å². The van der Waals surface area contributed by atoms with Gasteiger partial charge in [-0.25, -0.2) is 0 Å². The Morgan fingerprint density at radius 1 is 1.24 bits per heavy atom. The Labute approximate surface area is 126 Å². The molecule has 0 unspecified atom stereocenters. The summed E-state index contributed by atoms with van der Waals surface area (Å²) in [5, 5.41) is 2.97. The van der Waals surface area contributed by atoms with E-state index in [1.807, 2.05) is 18.2 Å². The van der Waals surface area contributed by atoms with Gasteiger partial charge in [-0.2, -0.15) is 0 Å². The quantitative estimate of drug-likeness (QED) is 0.838. The fraction of sp³-hybridized carbons (Fsp3) is 0.588. The molecule has 1 amide bonds. The van der Waals surface area contributed by atoms with E-state index in [2.05, 4.69) is 5.32 Å². The second kappa shape index (κ2) is 7.91. The molecule has 1 aliphatic rings. The summed E-state index contributed by atoms with van der Waals surface area (Å²) < 4.78 is 10.5. The van der Waals surface area contributed by atoms with Gasteiger partial charge in [0, 0.05) is 18.5 Å². The molecule has 4 heteroatoms. The first kappa shape index (κ1) is 15.7. The summed E-state index contributed by atoms with van der Waals surface area (Å²) in [6, 6.07) is 5.61. The topological polar surface area (TPSA) is 47.6 Å². The van der Waals surface area contributed by atoms with Crippen LogP contribution in [0.3, 0.4) is 0 Å².